The maximum absolute atomic E-state index is 12.4. The number of halogens is 1. The van der Waals surface area contributed by atoms with Gasteiger partial charge in [0.25, 0.3) is 17.5 Å². The Balaban J connectivity index is 2.01. The molecule has 146 valence electrons. The number of nitro benzene ring substituents is 1. The molecule has 0 bridgehead atoms. The van der Waals surface area contributed by atoms with Crippen molar-refractivity contribution in [1.82, 2.24) is 16.2 Å². The molecule has 0 atom stereocenters. The second-order valence-electron chi connectivity index (χ2n) is 5.21. The number of carbonyl (C=O) groups is 2. The van der Waals surface area contributed by atoms with Crippen molar-refractivity contribution >= 4 is 50.8 Å². The lowest BCUT2D eigenvalue weighted by atomic mass is 10.2. The van der Waals surface area contributed by atoms with Crippen molar-refractivity contribution in [2.45, 2.75) is 6.92 Å². The highest BCUT2D eigenvalue weighted by atomic mass is 79.9. The number of hydrogen-bond acceptors (Lipinski definition) is 6. The van der Waals surface area contributed by atoms with E-state index in [4.69, 9.17) is 17.0 Å². The molecule has 0 saturated heterocycles. The first-order chi connectivity index (χ1) is 13.3. The highest BCUT2D eigenvalue weighted by molar-refractivity contribution is 9.10. The maximum atomic E-state index is 12.4. The van der Waals surface area contributed by atoms with E-state index in [1.165, 1.54) is 24.3 Å². The Morgan fingerprint density at radius 1 is 1.14 bits per heavy atom. The molecule has 0 saturated carbocycles. The van der Waals surface area contributed by atoms with Gasteiger partial charge in [0.05, 0.1) is 17.1 Å². The van der Waals surface area contributed by atoms with Crippen LogP contribution in [0.2, 0.25) is 0 Å². The molecule has 0 aliphatic carbocycles. The van der Waals surface area contributed by atoms with E-state index >= 15 is 0 Å². The van der Waals surface area contributed by atoms with Crippen LogP contribution >= 0.6 is 28.1 Å². The van der Waals surface area contributed by atoms with E-state index in [0.717, 1.165) is 0 Å². The Labute approximate surface area is 173 Å². The van der Waals surface area contributed by atoms with Crippen LogP contribution in [-0.2, 0) is 0 Å². The highest BCUT2D eigenvalue weighted by Gasteiger charge is 2.20. The molecule has 0 radical (unpaired) electrons. The van der Waals surface area contributed by atoms with E-state index in [1.807, 2.05) is 0 Å². The summed E-state index contributed by atoms with van der Waals surface area (Å²) in [5.74, 6) is -0.960. The Morgan fingerprint density at radius 3 is 2.54 bits per heavy atom. The number of nitrogens with one attached hydrogen (secondary N) is 3. The van der Waals surface area contributed by atoms with Crippen LogP contribution in [0, 0.1) is 10.1 Å². The van der Waals surface area contributed by atoms with Crippen LogP contribution in [0.15, 0.2) is 46.9 Å². The number of hydrogen-bond donors (Lipinski definition) is 3. The fourth-order valence-corrected chi connectivity index (χ4v) is 2.67. The number of amides is 2. The molecule has 0 spiro atoms. The van der Waals surface area contributed by atoms with Gasteiger partial charge in [0, 0.05) is 10.5 Å². The molecule has 28 heavy (non-hydrogen) atoms. The lowest BCUT2D eigenvalue weighted by Gasteiger charge is -2.13. The Morgan fingerprint density at radius 2 is 1.86 bits per heavy atom. The van der Waals surface area contributed by atoms with Gasteiger partial charge in [0.1, 0.15) is 11.3 Å². The van der Waals surface area contributed by atoms with E-state index in [2.05, 4.69) is 32.1 Å². The zero-order chi connectivity index (χ0) is 20.7. The number of ether oxygens (including phenoxy) is 1. The Kier molecular flexibility index (Phi) is 7.41. The van der Waals surface area contributed by atoms with Crippen molar-refractivity contribution in [2.24, 2.45) is 0 Å². The standard InChI is InChI=1S/C17H15BrN4O5S/c1-2-27-14-8-7-10(18)9-12(14)15(23)19-17(28)21-20-16(24)11-5-3-4-6-13(11)22(25)26/h3-9H,2H2,1H3,(H,20,24)(H2,19,21,23,28). The van der Waals surface area contributed by atoms with Crippen molar-refractivity contribution in [3.63, 3.8) is 0 Å². The van der Waals surface area contributed by atoms with Crippen molar-refractivity contribution in [1.29, 1.82) is 0 Å². The quantitative estimate of drug-likeness (QED) is 0.351. The van der Waals surface area contributed by atoms with Crippen molar-refractivity contribution in [2.75, 3.05) is 6.61 Å². The van der Waals surface area contributed by atoms with Crippen molar-refractivity contribution < 1.29 is 19.2 Å². The van der Waals surface area contributed by atoms with E-state index in [-0.39, 0.29) is 21.9 Å². The summed E-state index contributed by atoms with van der Waals surface area (Å²) in [5, 5.41) is 13.2. The molecule has 0 aromatic heterocycles. The lowest BCUT2D eigenvalue weighted by molar-refractivity contribution is -0.385. The van der Waals surface area contributed by atoms with Crippen LogP contribution in [0.5, 0.6) is 5.75 Å². The number of nitro groups is 1. The molecule has 0 heterocycles. The molecule has 2 amide bonds. The summed E-state index contributed by atoms with van der Waals surface area (Å²) >= 11 is 8.26. The molecule has 3 N–H and O–H groups in total. The fraction of sp³-hybridized carbons (Fsp3) is 0.118. The van der Waals surface area contributed by atoms with Gasteiger partial charge in [0.15, 0.2) is 5.11 Å². The monoisotopic (exact) mass is 466 g/mol. The normalized spacial score (nSPS) is 9.93. The van der Waals surface area contributed by atoms with Gasteiger partial charge in [-0.2, -0.15) is 0 Å². The fourth-order valence-electron chi connectivity index (χ4n) is 2.17. The SMILES string of the molecule is CCOc1ccc(Br)cc1C(=O)NC(=S)NNC(=O)c1ccccc1[N+](=O)[O-]. The molecule has 0 aliphatic heterocycles. The molecule has 9 nitrogen and oxygen atoms in total. The van der Waals surface area contributed by atoms with Crippen LogP contribution in [0.1, 0.15) is 27.6 Å². The minimum Gasteiger partial charge on any atom is -0.493 e. The zero-order valence-electron chi connectivity index (χ0n) is 14.5. The van der Waals surface area contributed by atoms with E-state index in [1.54, 1.807) is 25.1 Å². The van der Waals surface area contributed by atoms with Gasteiger partial charge >= 0.3 is 0 Å². The summed E-state index contributed by atoms with van der Waals surface area (Å²) in [4.78, 5) is 34.9. The third kappa shape index (κ3) is 5.47. The Bertz CT molecular complexity index is 938. The molecule has 2 rings (SSSR count). The highest BCUT2D eigenvalue weighted by Crippen LogP contribution is 2.23. The van der Waals surface area contributed by atoms with E-state index in [9.17, 15) is 19.7 Å². The number of rotatable bonds is 5. The van der Waals surface area contributed by atoms with Gasteiger partial charge < -0.3 is 4.74 Å². The average molecular weight is 467 g/mol. The van der Waals surface area contributed by atoms with E-state index in [0.29, 0.717) is 16.8 Å². The first kappa shape index (κ1) is 21.3. The summed E-state index contributed by atoms with van der Waals surface area (Å²) in [7, 11) is 0. The second-order valence-corrected chi connectivity index (χ2v) is 6.53. The van der Waals surface area contributed by atoms with Gasteiger partial charge in [-0.25, -0.2) is 0 Å². The molecule has 2 aromatic carbocycles. The molecule has 0 fully saturated rings. The van der Waals surface area contributed by atoms with Crippen LogP contribution in [0.25, 0.3) is 0 Å². The molecule has 0 aliphatic rings. The summed E-state index contributed by atoms with van der Waals surface area (Å²) in [5.41, 5.74) is 4.28. The second kappa shape index (κ2) is 9.76. The number of hydrazine groups is 1. The van der Waals surface area contributed by atoms with Gasteiger partial charge in [-0.15, -0.1) is 0 Å². The minimum atomic E-state index is -0.777. The number of nitrogens with zero attached hydrogens (tertiary/aromatic N) is 1. The van der Waals surface area contributed by atoms with E-state index < -0.39 is 16.7 Å². The Hall–Kier alpha value is -3.05. The number of carbonyl (C=O) groups excluding carboxylic acids is 2. The number of thiocarbonyl (C=S) groups is 1. The summed E-state index contributed by atoms with van der Waals surface area (Å²) in [6, 6.07) is 10.4. The predicted octanol–water partition coefficient (Wildman–Crippen LogP) is 2.71. The molecule has 0 unspecified atom stereocenters. The average Bonchev–Trinajstić information content (AvgIpc) is 2.67. The van der Waals surface area contributed by atoms with Crippen molar-refractivity contribution in [3.05, 3.63) is 68.2 Å². The summed E-state index contributed by atoms with van der Waals surface area (Å²) in [6.45, 7) is 2.16. The van der Waals surface area contributed by atoms with Crippen LogP contribution < -0.4 is 20.9 Å². The van der Waals surface area contributed by atoms with Gasteiger partial charge in [-0.05, 0) is 43.4 Å². The number of benzene rings is 2. The molecular formula is C17H15BrN4O5S. The first-order valence-electron chi connectivity index (χ1n) is 7.91. The summed E-state index contributed by atoms with van der Waals surface area (Å²) < 4.78 is 6.08. The summed E-state index contributed by atoms with van der Waals surface area (Å²) in [6.07, 6.45) is 0. The molecule has 2 aromatic rings. The topological polar surface area (TPSA) is 123 Å². The molecular weight excluding hydrogens is 452 g/mol. The lowest BCUT2D eigenvalue weighted by Crippen LogP contribution is -2.48. The number of para-hydroxylation sites is 1. The van der Waals surface area contributed by atoms with Gasteiger partial charge in [0.2, 0.25) is 0 Å². The maximum Gasteiger partial charge on any atom is 0.282 e. The predicted molar refractivity (Wildman–Crippen MR) is 109 cm³/mol. The van der Waals surface area contributed by atoms with Crippen molar-refractivity contribution in [3.8, 4) is 5.75 Å². The first-order valence-corrected chi connectivity index (χ1v) is 9.11. The van der Waals surface area contributed by atoms with Gasteiger partial charge in [-0.1, -0.05) is 28.1 Å². The zero-order valence-corrected chi connectivity index (χ0v) is 16.9. The van der Waals surface area contributed by atoms with Gasteiger partial charge in [-0.3, -0.25) is 35.9 Å². The third-order valence-corrected chi connectivity index (χ3v) is 4.05. The minimum absolute atomic E-state index is 0.153. The smallest absolute Gasteiger partial charge is 0.282 e. The van der Waals surface area contributed by atoms with Crippen LogP contribution in [0.3, 0.4) is 0 Å². The van der Waals surface area contributed by atoms with Crippen LogP contribution in [0.4, 0.5) is 5.69 Å². The third-order valence-electron chi connectivity index (χ3n) is 3.35. The van der Waals surface area contributed by atoms with Crippen LogP contribution in [-0.4, -0.2) is 28.5 Å². The largest absolute Gasteiger partial charge is 0.493 e. The molecule has 11 heteroatoms.